The molecule has 2 rings (SSSR count). The number of benzene rings is 1. The predicted molar refractivity (Wildman–Crippen MR) is 82.4 cm³/mol. The molecule has 0 aliphatic rings. The fourth-order valence-electron chi connectivity index (χ4n) is 1.58. The van der Waals surface area contributed by atoms with E-state index in [9.17, 15) is 8.42 Å². The summed E-state index contributed by atoms with van der Waals surface area (Å²) in [5.41, 5.74) is 5.69. The van der Waals surface area contributed by atoms with Gasteiger partial charge in [-0.2, -0.15) is 0 Å². The monoisotopic (exact) mass is 321 g/mol. The lowest BCUT2D eigenvalue weighted by molar-refractivity contribution is 0.601. The zero-order valence-corrected chi connectivity index (χ0v) is 12.4. The quantitative estimate of drug-likeness (QED) is 0.845. The molecule has 0 spiro atoms. The van der Waals surface area contributed by atoms with Crippen molar-refractivity contribution in [3.05, 3.63) is 53.2 Å². The van der Waals surface area contributed by atoms with Gasteiger partial charge in [0.2, 0.25) is 0 Å². The average molecular weight is 322 g/mol. The van der Waals surface area contributed by atoms with Crippen LogP contribution in [0.5, 0.6) is 0 Å². The second kappa shape index (κ2) is 6.59. The molecule has 0 saturated carbocycles. The van der Waals surface area contributed by atoms with Crippen molar-refractivity contribution in [1.29, 1.82) is 0 Å². The first-order chi connectivity index (χ1) is 10.0. The van der Waals surface area contributed by atoms with Gasteiger partial charge in [-0.05, 0) is 24.3 Å². The second-order valence-electron chi connectivity index (χ2n) is 3.97. The largest absolute Gasteiger partial charge is 0.320 e. The Morgan fingerprint density at radius 1 is 1.24 bits per heavy atom. The molecule has 3 N–H and O–H groups in total. The van der Waals surface area contributed by atoms with Gasteiger partial charge in [-0.3, -0.25) is 4.72 Å². The minimum Gasteiger partial charge on any atom is -0.320 e. The molecule has 1 aromatic carbocycles. The number of nitrogens with zero attached hydrogens (tertiary/aromatic N) is 1. The lowest BCUT2D eigenvalue weighted by atomic mass is 10.2. The summed E-state index contributed by atoms with van der Waals surface area (Å²) in [6, 6.07) is 9.45. The maximum absolute atomic E-state index is 12.4. The third kappa shape index (κ3) is 3.95. The second-order valence-corrected chi connectivity index (χ2v) is 6.06. The number of pyridine rings is 1. The molecule has 1 heterocycles. The van der Waals surface area contributed by atoms with Crippen molar-refractivity contribution >= 4 is 27.4 Å². The summed E-state index contributed by atoms with van der Waals surface area (Å²) in [5.74, 6) is 5.56. The number of nitrogens with one attached hydrogen (secondary N) is 1. The Labute approximate surface area is 128 Å². The molecule has 21 heavy (non-hydrogen) atoms. The fourth-order valence-corrected chi connectivity index (χ4v) is 2.86. The van der Waals surface area contributed by atoms with Crippen molar-refractivity contribution < 1.29 is 8.42 Å². The van der Waals surface area contributed by atoms with E-state index in [0.717, 1.165) is 0 Å². The standard InChI is InChI=1S/C14H12ClN3O2S/c15-12-7-8-14(17-10-12)18-21(19,20)13-6-2-1-4-11(13)5-3-9-16/h1-2,4,6-8,10H,9,16H2,(H,17,18). The van der Waals surface area contributed by atoms with Crippen molar-refractivity contribution in [3.63, 3.8) is 0 Å². The van der Waals surface area contributed by atoms with Crippen molar-refractivity contribution in [2.45, 2.75) is 4.90 Å². The van der Waals surface area contributed by atoms with Gasteiger partial charge in [0.05, 0.1) is 11.6 Å². The summed E-state index contributed by atoms with van der Waals surface area (Å²) < 4.78 is 27.2. The summed E-state index contributed by atoms with van der Waals surface area (Å²) in [4.78, 5) is 3.97. The molecule has 1 aromatic heterocycles. The molecule has 7 heteroatoms. The van der Waals surface area contributed by atoms with Crippen LogP contribution in [0.2, 0.25) is 5.02 Å². The van der Waals surface area contributed by atoms with E-state index in [2.05, 4.69) is 21.5 Å². The average Bonchev–Trinajstić information content (AvgIpc) is 2.47. The molecule has 5 nitrogen and oxygen atoms in total. The van der Waals surface area contributed by atoms with Crippen LogP contribution >= 0.6 is 11.6 Å². The van der Waals surface area contributed by atoms with E-state index < -0.39 is 10.0 Å². The Bertz CT molecular complexity index is 793. The highest BCUT2D eigenvalue weighted by Crippen LogP contribution is 2.18. The molecule has 2 aromatic rings. The summed E-state index contributed by atoms with van der Waals surface area (Å²) in [6.45, 7) is 0.153. The number of rotatable bonds is 3. The third-order valence-electron chi connectivity index (χ3n) is 2.47. The molecule has 0 amide bonds. The van der Waals surface area contributed by atoms with Crippen LogP contribution in [0.4, 0.5) is 5.82 Å². The van der Waals surface area contributed by atoms with E-state index in [1.807, 2.05) is 0 Å². The van der Waals surface area contributed by atoms with Crippen LogP contribution in [-0.2, 0) is 10.0 Å². The third-order valence-corrected chi connectivity index (χ3v) is 4.10. The van der Waals surface area contributed by atoms with Crippen molar-refractivity contribution in [1.82, 2.24) is 4.98 Å². The molecule has 0 bridgehead atoms. The van der Waals surface area contributed by atoms with Crippen molar-refractivity contribution in [3.8, 4) is 11.8 Å². The molecule has 0 saturated heterocycles. The lowest BCUT2D eigenvalue weighted by Crippen LogP contribution is -2.15. The first-order valence-corrected chi connectivity index (χ1v) is 7.81. The number of aromatic nitrogens is 1. The maximum Gasteiger partial charge on any atom is 0.264 e. The zero-order valence-electron chi connectivity index (χ0n) is 10.9. The van der Waals surface area contributed by atoms with E-state index in [1.54, 1.807) is 24.3 Å². The highest BCUT2D eigenvalue weighted by atomic mass is 35.5. The molecule has 0 fully saturated rings. The van der Waals surface area contributed by atoms with Gasteiger partial charge in [0.15, 0.2) is 0 Å². The van der Waals surface area contributed by atoms with Crippen LogP contribution in [0.1, 0.15) is 5.56 Å². The minimum absolute atomic E-state index is 0.0719. The molecule has 0 aliphatic heterocycles. The highest BCUT2D eigenvalue weighted by Gasteiger charge is 2.17. The number of sulfonamides is 1. The zero-order chi connectivity index (χ0) is 15.3. The summed E-state index contributed by atoms with van der Waals surface area (Å²) in [5, 5.41) is 0.423. The van der Waals surface area contributed by atoms with E-state index in [0.29, 0.717) is 10.6 Å². The molecular weight excluding hydrogens is 310 g/mol. The van der Waals surface area contributed by atoms with Crippen molar-refractivity contribution in [2.24, 2.45) is 5.73 Å². The number of hydrogen-bond donors (Lipinski definition) is 2. The SMILES string of the molecule is NCC#Cc1ccccc1S(=O)(=O)Nc1ccc(Cl)cn1. The highest BCUT2D eigenvalue weighted by molar-refractivity contribution is 7.92. The molecular formula is C14H12ClN3O2S. The van der Waals surface area contributed by atoms with Gasteiger partial charge in [0.25, 0.3) is 10.0 Å². The van der Waals surface area contributed by atoms with E-state index in [4.69, 9.17) is 17.3 Å². The number of anilines is 1. The normalized spacial score (nSPS) is 10.6. The molecule has 0 atom stereocenters. The Morgan fingerprint density at radius 2 is 2.00 bits per heavy atom. The first-order valence-electron chi connectivity index (χ1n) is 5.95. The first kappa shape index (κ1) is 15.3. The Hall–Kier alpha value is -2.07. The van der Waals surface area contributed by atoms with Crippen LogP contribution in [0, 0.1) is 11.8 Å². The van der Waals surface area contributed by atoms with Crippen molar-refractivity contribution in [2.75, 3.05) is 11.3 Å². The van der Waals surface area contributed by atoms with Gasteiger partial charge in [0.1, 0.15) is 10.7 Å². The minimum atomic E-state index is -3.79. The number of hydrogen-bond acceptors (Lipinski definition) is 4. The summed E-state index contributed by atoms with van der Waals surface area (Å²) in [6.07, 6.45) is 1.36. The van der Waals surface area contributed by atoms with Crippen LogP contribution in [0.15, 0.2) is 47.5 Å². The lowest BCUT2D eigenvalue weighted by Gasteiger charge is -2.08. The van der Waals surface area contributed by atoms with Gasteiger partial charge in [-0.1, -0.05) is 35.6 Å². The van der Waals surface area contributed by atoms with E-state index in [-0.39, 0.29) is 17.3 Å². The van der Waals surface area contributed by atoms with E-state index in [1.165, 1.54) is 18.3 Å². The fraction of sp³-hybridized carbons (Fsp3) is 0.0714. The molecule has 0 unspecified atom stereocenters. The van der Waals surface area contributed by atoms with Gasteiger partial charge in [-0.25, -0.2) is 13.4 Å². The van der Waals surface area contributed by atoms with Gasteiger partial charge < -0.3 is 5.73 Å². The van der Waals surface area contributed by atoms with Gasteiger partial charge in [-0.15, -0.1) is 0 Å². The molecule has 108 valence electrons. The summed E-state index contributed by atoms with van der Waals surface area (Å²) >= 11 is 5.71. The Kier molecular flexibility index (Phi) is 4.81. The molecule has 0 radical (unpaired) electrons. The summed E-state index contributed by atoms with van der Waals surface area (Å²) in [7, 11) is -3.79. The van der Waals surface area contributed by atoms with Crippen LogP contribution in [0.3, 0.4) is 0 Å². The van der Waals surface area contributed by atoms with Crippen LogP contribution in [0.25, 0.3) is 0 Å². The Balaban J connectivity index is 2.38. The smallest absolute Gasteiger partial charge is 0.264 e. The number of nitrogens with two attached hydrogens (primary N) is 1. The van der Waals surface area contributed by atoms with Gasteiger partial charge in [0, 0.05) is 11.8 Å². The topological polar surface area (TPSA) is 85.1 Å². The molecule has 0 aliphatic carbocycles. The predicted octanol–water partition coefficient (Wildman–Crippen LogP) is 1.85. The number of halogens is 1. The Morgan fingerprint density at radius 3 is 2.67 bits per heavy atom. The van der Waals surface area contributed by atoms with Crippen LogP contribution in [-0.4, -0.2) is 19.9 Å². The maximum atomic E-state index is 12.4. The van der Waals surface area contributed by atoms with Gasteiger partial charge >= 0.3 is 0 Å². The van der Waals surface area contributed by atoms with E-state index >= 15 is 0 Å². The van der Waals surface area contributed by atoms with Crippen LogP contribution < -0.4 is 10.5 Å².